The second-order valence-electron chi connectivity index (χ2n) is 6.27. The van der Waals surface area contributed by atoms with Crippen LogP contribution in [0.25, 0.3) is 0 Å². The Morgan fingerprint density at radius 3 is 2.70 bits per heavy atom. The summed E-state index contributed by atoms with van der Waals surface area (Å²) in [6, 6.07) is 14.0. The molecule has 1 N–H and O–H groups in total. The Bertz CT molecular complexity index is 947. The second-order valence-corrected chi connectivity index (χ2v) is 6.27. The molecule has 2 aromatic carbocycles. The third-order valence-corrected chi connectivity index (χ3v) is 4.63. The molecule has 0 atom stereocenters. The number of methoxy groups -OCH3 is 2. The molecule has 0 fully saturated rings. The first kappa shape index (κ1) is 17.1. The van der Waals surface area contributed by atoms with Crippen molar-refractivity contribution in [3.05, 3.63) is 59.8 Å². The lowest BCUT2D eigenvalue weighted by Gasteiger charge is -2.28. The molecule has 0 aliphatic carbocycles. The van der Waals surface area contributed by atoms with Crippen molar-refractivity contribution in [2.24, 2.45) is 0 Å². The molecule has 138 valence electrons. The van der Waals surface area contributed by atoms with Crippen molar-refractivity contribution in [2.75, 3.05) is 31.0 Å². The van der Waals surface area contributed by atoms with Gasteiger partial charge in [-0.3, -0.25) is 0 Å². The fourth-order valence-corrected chi connectivity index (χ4v) is 3.19. The fourth-order valence-electron chi connectivity index (χ4n) is 3.19. The summed E-state index contributed by atoms with van der Waals surface area (Å²) in [5, 5.41) is 11.6. The molecular formula is C20H21N5O2. The highest BCUT2D eigenvalue weighted by atomic mass is 16.5. The van der Waals surface area contributed by atoms with Gasteiger partial charge >= 0.3 is 0 Å². The molecule has 4 rings (SSSR count). The summed E-state index contributed by atoms with van der Waals surface area (Å²) < 4.78 is 10.7. The van der Waals surface area contributed by atoms with Crippen molar-refractivity contribution in [1.82, 2.24) is 15.2 Å². The summed E-state index contributed by atoms with van der Waals surface area (Å²) in [6.07, 6.45) is 2.58. The van der Waals surface area contributed by atoms with Crippen LogP contribution in [0.5, 0.6) is 11.5 Å². The lowest BCUT2D eigenvalue weighted by atomic mass is 10.0. The molecule has 0 spiro atoms. The van der Waals surface area contributed by atoms with Crippen LogP contribution in [-0.2, 0) is 13.0 Å². The topological polar surface area (TPSA) is 72.4 Å². The van der Waals surface area contributed by atoms with Crippen LogP contribution in [0.15, 0.2) is 48.7 Å². The molecule has 0 unspecified atom stereocenters. The number of anilines is 3. The second kappa shape index (κ2) is 7.49. The van der Waals surface area contributed by atoms with Gasteiger partial charge in [-0.05, 0) is 29.7 Å². The van der Waals surface area contributed by atoms with Gasteiger partial charge in [-0.15, -0.1) is 5.10 Å². The van der Waals surface area contributed by atoms with Crippen LogP contribution in [0.3, 0.4) is 0 Å². The number of ether oxygens (including phenoxy) is 2. The van der Waals surface area contributed by atoms with E-state index in [1.807, 2.05) is 18.2 Å². The number of rotatable bonds is 5. The van der Waals surface area contributed by atoms with Gasteiger partial charge in [0.2, 0.25) is 5.95 Å². The number of hydrogen-bond acceptors (Lipinski definition) is 7. The van der Waals surface area contributed by atoms with Crippen molar-refractivity contribution < 1.29 is 9.47 Å². The van der Waals surface area contributed by atoms with Crippen molar-refractivity contribution in [3.63, 3.8) is 0 Å². The van der Waals surface area contributed by atoms with Gasteiger partial charge in [-0.2, -0.15) is 10.1 Å². The predicted molar refractivity (Wildman–Crippen MR) is 104 cm³/mol. The van der Waals surface area contributed by atoms with Crippen molar-refractivity contribution in [2.45, 2.75) is 13.0 Å². The lowest BCUT2D eigenvalue weighted by molar-refractivity contribution is 0.395. The Kier molecular flexibility index (Phi) is 4.74. The Labute approximate surface area is 158 Å². The minimum Gasteiger partial charge on any atom is -0.497 e. The first-order valence-electron chi connectivity index (χ1n) is 8.77. The molecule has 2 heterocycles. The Morgan fingerprint density at radius 2 is 1.89 bits per heavy atom. The molecule has 0 amide bonds. The molecule has 0 saturated carbocycles. The van der Waals surface area contributed by atoms with E-state index in [4.69, 9.17) is 9.47 Å². The van der Waals surface area contributed by atoms with E-state index in [-0.39, 0.29) is 0 Å². The van der Waals surface area contributed by atoms with Crippen LogP contribution in [-0.4, -0.2) is 35.9 Å². The van der Waals surface area contributed by atoms with E-state index in [1.54, 1.807) is 20.4 Å². The molecule has 7 nitrogen and oxygen atoms in total. The third-order valence-electron chi connectivity index (χ3n) is 4.63. The van der Waals surface area contributed by atoms with Crippen LogP contribution >= 0.6 is 0 Å². The van der Waals surface area contributed by atoms with Gasteiger partial charge in [0, 0.05) is 19.2 Å². The van der Waals surface area contributed by atoms with E-state index in [2.05, 4.69) is 49.7 Å². The summed E-state index contributed by atoms with van der Waals surface area (Å²) >= 11 is 0. The minimum atomic E-state index is 0.613. The average Bonchev–Trinajstić information content (AvgIpc) is 2.74. The molecule has 0 saturated heterocycles. The number of nitrogens with one attached hydrogen (secondary N) is 1. The normalized spacial score (nSPS) is 13.0. The maximum atomic E-state index is 5.43. The number of aromatic nitrogens is 3. The van der Waals surface area contributed by atoms with Gasteiger partial charge in [-0.1, -0.05) is 24.3 Å². The number of benzene rings is 2. The van der Waals surface area contributed by atoms with E-state index in [9.17, 15) is 0 Å². The van der Waals surface area contributed by atoms with Crippen molar-refractivity contribution in [3.8, 4) is 11.5 Å². The first-order valence-corrected chi connectivity index (χ1v) is 8.77. The first-order chi connectivity index (χ1) is 13.3. The summed E-state index contributed by atoms with van der Waals surface area (Å²) in [7, 11) is 3.24. The largest absolute Gasteiger partial charge is 0.497 e. The molecule has 3 aromatic rings. The standard InChI is InChI=1S/C20H21N5O2/c1-26-16-7-8-17(18(11-16)27-2)22-19-12-21-24-20(23-19)25-10-9-14-5-3-4-6-15(14)13-25/h3-8,11-12H,9-10,13H2,1-2H3,(H,22,23,24). The summed E-state index contributed by atoms with van der Waals surface area (Å²) in [5.74, 6) is 2.62. The highest BCUT2D eigenvalue weighted by Crippen LogP contribution is 2.31. The van der Waals surface area contributed by atoms with E-state index in [0.29, 0.717) is 17.5 Å². The zero-order chi connectivity index (χ0) is 18.6. The van der Waals surface area contributed by atoms with E-state index < -0.39 is 0 Å². The molecule has 27 heavy (non-hydrogen) atoms. The molecule has 1 aliphatic heterocycles. The molecule has 0 radical (unpaired) electrons. The highest BCUT2D eigenvalue weighted by Gasteiger charge is 2.19. The van der Waals surface area contributed by atoms with Crippen LogP contribution in [0.2, 0.25) is 0 Å². The minimum absolute atomic E-state index is 0.613. The monoisotopic (exact) mass is 363 g/mol. The highest BCUT2D eigenvalue weighted by molar-refractivity contribution is 5.65. The van der Waals surface area contributed by atoms with Gasteiger partial charge in [0.05, 0.1) is 26.1 Å². The number of nitrogens with zero attached hydrogens (tertiary/aromatic N) is 4. The van der Waals surface area contributed by atoms with Gasteiger partial charge in [0.15, 0.2) is 5.82 Å². The van der Waals surface area contributed by atoms with Gasteiger partial charge < -0.3 is 19.7 Å². The third kappa shape index (κ3) is 3.62. The van der Waals surface area contributed by atoms with Gasteiger partial charge in [0.25, 0.3) is 0 Å². The van der Waals surface area contributed by atoms with E-state index in [1.165, 1.54) is 11.1 Å². The Balaban J connectivity index is 1.55. The Morgan fingerprint density at radius 1 is 1.04 bits per heavy atom. The van der Waals surface area contributed by atoms with Gasteiger partial charge in [-0.25, -0.2) is 0 Å². The molecule has 7 heteroatoms. The molecule has 0 bridgehead atoms. The average molecular weight is 363 g/mol. The molecule has 1 aliphatic rings. The van der Waals surface area contributed by atoms with Gasteiger partial charge in [0.1, 0.15) is 11.5 Å². The summed E-state index contributed by atoms with van der Waals surface area (Å²) in [6.45, 7) is 1.65. The van der Waals surface area contributed by atoms with E-state index in [0.717, 1.165) is 30.9 Å². The van der Waals surface area contributed by atoms with Crippen LogP contribution in [0.1, 0.15) is 11.1 Å². The maximum Gasteiger partial charge on any atom is 0.247 e. The Hall–Kier alpha value is -3.35. The lowest BCUT2D eigenvalue weighted by Crippen LogP contribution is -2.32. The summed E-state index contributed by atoms with van der Waals surface area (Å²) in [4.78, 5) is 6.78. The quantitative estimate of drug-likeness (QED) is 0.746. The molecule has 1 aromatic heterocycles. The van der Waals surface area contributed by atoms with Crippen LogP contribution in [0.4, 0.5) is 17.5 Å². The maximum absolute atomic E-state index is 5.43. The summed E-state index contributed by atoms with van der Waals surface area (Å²) in [5.41, 5.74) is 3.48. The van der Waals surface area contributed by atoms with Crippen molar-refractivity contribution >= 4 is 17.5 Å². The zero-order valence-corrected chi connectivity index (χ0v) is 15.3. The predicted octanol–water partition coefficient (Wildman–Crippen LogP) is 3.20. The smallest absolute Gasteiger partial charge is 0.247 e. The SMILES string of the molecule is COc1ccc(Nc2cnnc(N3CCc4ccccc4C3)n2)c(OC)c1. The van der Waals surface area contributed by atoms with Crippen LogP contribution in [0, 0.1) is 0 Å². The zero-order valence-electron chi connectivity index (χ0n) is 15.3. The van der Waals surface area contributed by atoms with E-state index >= 15 is 0 Å². The van der Waals surface area contributed by atoms with Crippen LogP contribution < -0.4 is 19.7 Å². The molecular weight excluding hydrogens is 342 g/mol. The van der Waals surface area contributed by atoms with Crippen molar-refractivity contribution in [1.29, 1.82) is 0 Å². The number of hydrogen-bond donors (Lipinski definition) is 1. The number of fused-ring (bicyclic) bond motifs is 1. The fraction of sp³-hybridized carbons (Fsp3) is 0.250.